The lowest BCUT2D eigenvalue weighted by Gasteiger charge is -2.34. The predicted molar refractivity (Wildman–Crippen MR) is 91.3 cm³/mol. The molecule has 5 rings (SSSR count). The first-order chi connectivity index (χ1) is 12.3. The van der Waals surface area contributed by atoms with Crippen LogP contribution >= 0.6 is 0 Å². The molecule has 1 aliphatic carbocycles. The van der Waals surface area contributed by atoms with Crippen LogP contribution in [0.4, 0.5) is 5.82 Å². The lowest BCUT2D eigenvalue weighted by atomic mass is 10.3. The van der Waals surface area contributed by atoms with Gasteiger partial charge in [0, 0.05) is 39.1 Å². The number of anilines is 1. The monoisotopic (exact) mass is 339 g/mol. The van der Waals surface area contributed by atoms with Gasteiger partial charge in [-0.2, -0.15) is 4.52 Å². The molecule has 0 spiro atoms. The minimum absolute atomic E-state index is 0.641. The van der Waals surface area contributed by atoms with E-state index in [1.165, 1.54) is 12.8 Å². The summed E-state index contributed by atoms with van der Waals surface area (Å²) in [6.07, 6.45) is 4.16. The minimum atomic E-state index is 0.641. The van der Waals surface area contributed by atoms with Crippen molar-refractivity contribution < 1.29 is 0 Å². The Bertz CT molecular complexity index is 886. The van der Waals surface area contributed by atoms with Gasteiger partial charge < -0.3 is 9.47 Å². The summed E-state index contributed by atoms with van der Waals surface area (Å²) >= 11 is 0. The van der Waals surface area contributed by atoms with E-state index >= 15 is 0 Å². The third kappa shape index (κ3) is 2.74. The lowest BCUT2D eigenvalue weighted by molar-refractivity contribution is 0.240. The molecule has 3 aromatic rings. The molecule has 9 heteroatoms. The quantitative estimate of drug-likeness (QED) is 0.683. The van der Waals surface area contributed by atoms with Crippen LogP contribution < -0.4 is 4.90 Å². The maximum atomic E-state index is 4.58. The molecule has 0 unspecified atom stereocenters. The summed E-state index contributed by atoms with van der Waals surface area (Å²) in [5.41, 5.74) is 0.774. The molecule has 2 fully saturated rings. The van der Waals surface area contributed by atoms with Gasteiger partial charge in [-0.15, -0.1) is 25.5 Å². The molecule has 0 bridgehead atoms. The Hall–Kier alpha value is -2.55. The van der Waals surface area contributed by atoms with Crippen LogP contribution in [0.5, 0.6) is 0 Å². The summed E-state index contributed by atoms with van der Waals surface area (Å²) in [4.78, 5) is 4.75. The second-order valence-corrected chi connectivity index (χ2v) is 6.90. The van der Waals surface area contributed by atoms with Crippen molar-refractivity contribution in [1.82, 2.24) is 39.5 Å². The van der Waals surface area contributed by atoms with E-state index in [1.807, 2.05) is 12.1 Å². The van der Waals surface area contributed by atoms with Crippen molar-refractivity contribution in [2.24, 2.45) is 7.05 Å². The summed E-state index contributed by atoms with van der Waals surface area (Å²) in [6.45, 7) is 4.75. The van der Waals surface area contributed by atoms with Gasteiger partial charge in [-0.3, -0.25) is 4.90 Å². The fourth-order valence-electron chi connectivity index (χ4n) is 3.43. The third-order valence-electron chi connectivity index (χ3n) is 5.15. The molecule has 1 saturated heterocycles. The Morgan fingerprint density at radius 3 is 2.68 bits per heavy atom. The van der Waals surface area contributed by atoms with Crippen LogP contribution in [0.3, 0.4) is 0 Å². The van der Waals surface area contributed by atoms with E-state index in [0.29, 0.717) is 5.92 Å². The molecule has 1 saturated carbocycles. The van der Waals surface area contributed by atoms with Crippen LogP contribution in [0.25, 0.3) is 5.65 Å². The summed E-state index contributed by atoms with van der Waals surface area (Å²) in [6, 6.07) is 3.98. The predicted octanol–water partition coefficient (Wildman–Crippen LogP) is 0.452. The van der Waals surface area contributed by atoms with Gasteiger partial charge >= 0.3 is 0 Å². The van der Waals surface area contributed by atoms with Gasteiger partial charge in [-0.25, -0.2) is 0 Å². The SMILES string of the molecule is Cn1c(CN2CCN(c3ccc4nncn4n3)CC2)nnc1C1CC1. The number of rotatable bonds is 4. The third-order valence-corrected chi connectivity index (χ3v) is 5.15. The average molecular weight is 339 g/mol. The number of hydrogen-bond acceptors (Lipinski definition) is 7. The van der Waals surface area contributed by atoms with Crippen LogP contribution in [0.15, 0.2) is 18.5 Å². The molecular formula is C16H21N9. The van der Waals surface area contributed by atoms with Gasteiger partial charge in [0.15, 0.2) is 5.65 Å². The highest BCUT2D eigenvalue weighted by Gasteiger charge is 2.29. The van der Waals surface area contributed by atoms with Crippen molar-refractivity contribution in [1.29, 1.82) is 0 Å². The largest absolute Gasteiger partial charge is 0.353 e. The van der Waals surface area contributed by atoms with Crippen molar-refractivity contribution in [3.8, 4) is 0 Å². The molecular weight excluding hydrogens is 318 g/mol. The van der Waals surface area contributed by atoms with E-state index in [2.05, 4.69) is 46.9 Å². The van der Waals surface area contributed by atoms with Crippen molar-refractivity contribution >= 4 is 11.5 Å². The normalized spacial score (nSPS) is 19.0. The fourth-order valence-corrected chi connectivity index (χ4v) is 3.43. The highest BCUT2D eigenvalue weighted by atomic mass is 15.4. The first-order valence-corrected chi connectivity index (χ1v) is 8.80. The topological polar surface area (TPSA) is 80.3 Å². The number of aromatic nitrogens is 7. The standard InChI is InChI=1S/C16H21N9/c1-22-15(19-20-16(22)12-2-3-12)10-23-6-8-24(9-7-23)14-5-4-13-18-17-11-25(13)21-14/h4-5,11-12H,2-3,6-10H2,1H3. The number of fused-ring (bicyclic) bond motifs is 1. The highest BCUT2D eigenvalue weighted by Crippen LogP contribution is 2.38. The van der Waals surface area contributed by atoms with Gasteiger partial charge in [0.05, 0.1) is 6.54 Å². The summed E-state index contributed by atoms with van der Waals surface area (Å²) < 4.78 is 3.91. The molecule has 0 amide bonds. The maximum absolute atomic E-state index is 4.58. The van der Waals surface area contributed by atoms with Gasteiger partial charge in [0.1, 0.15) is 23.8 Å². The zero-order valence-corrected chi connectivity index (χ0v) is 14.3. The van der Waals surface area contributed by atoms with Crippen molar-refractivity contribution in [3.05, 3.63) is 30.1 Å². The number of hydrogen-bond donors (Lipinski definition) is 0. The molecule has 3 aromatic heterocycles. The zero-order chi connectivity index (χ0) is 16.8. The van der Waals surface area contributed by atoms with E-state index in [0.717, 1.165) is 55.8 Å². The number of nitrogens with zero attached hydrogens (tertiary/aromatic N) is 9. The first kappa shape index (κ1) is 14.8. The Morgan fingerprint density at radius 2 is 1.88 bits per heavy atom. The van der Waals surface area contributed by atoms with Crippen molar-refractivity contribution in [3.63, 3.8) is 0 Å². The van der Waals surface area contributed by atoms with Crippen molar-refractivity contribution in [2.45, 2.75) is 25.3 Å². The van der Waals surface area contributed by atoms with Gasteiger partial charge in [0.25, 0.3) is 0 Å². The van der Waals surface area contributed by atoms with Crippen LogP contribution in [0, 0.1) is 0 Å². The molecule has 2 aliphatic rings. The molecule has 0 aromatic carbocycles. The molecule has 25 heavy (non-hydrogen) atoms. The first-order valence-electron chi connectivity index (χ1n) is 8.80. The molecule has 1 aliphatic heterocycles. The van der Waals surface area contributed by atoms with Crippen LogP contribution in [0.2, 0.25) is 0 Å². The number of piperazine rings is 1. The molecule has 4 heterocycles. The lowest BCUT2D eigenvalue weighted by Crippen LogP contribution is -2.46. The summed E-state index contributed by atoms with van der Waals surface area (Å²) in [5.74, 6) is 3.84. The Labute approximate surface area is 145 Å². The van der Waals surface area contributed by atoms with Crippen LogP contribution in [-0.2, 0) is 13.6 Å². The zero-order valence-electron chi connectivity index (χ0n) is 14.3. The molecule has 9 nitrogen and oxygen atoms in total. The minimum Gasteiger partial charge on any atom is -0.353 e. The van der Waals surface area contributed by atoms with E-state index in [1.54, 1.807) is 10.8 Å². The molecule has 0 radical (unpaired) electrons. The average Bonchev–Trinajstić information content (AvgIpc) is 3.26. The molecule has 0 atom stereocenters. The van der Waals surface area contributed by atoms with Crippen LogP contribution in [0.1, 0.15) is 30.4 Å². The maximum Gasteiger partial charge on any atom is 0.177 e. The second-order valence-electron chi connectivity index (χ2n) is 6.90. The Morgan fingerprint density at radius 1 is 1.04 bits per heavy atom. The summed E-state index contributed by atoms with van der Waals surface area (Å²) in [5, 5.41) is 21.3. The molecule has 130 valence electrons. The van der Waals surface area contributed by atoms with Gasteiger partial charge in [0.2, 0.25) is 0 Å². The van der Waals surface area contributed by atoms with Crippen LogP contribution in [-0.4, -0.2) is 65.7 Å². The van der Waals surface area contributed by atoms with Gasteiger partial charge in [-0.05, 0) is 25.0 Å². The van der Waals surface area contributed by atoms with E-state index in [4.69, 9.17) is 0 Å². The Kier molecular flexibility index (Phi) is 3.40. The summed E-state index contributed by atoms with van der Waals surface area (Å²) in [7, 11) is 2.09. The van der Waals surface area contributed by atoms with Crippen molar-refractivity contribution in [2.75, 3.05) is 31.1 Å². The van der Waals surface area contributed by atoms with E-state index < -0.39 is 0 Å². The van der Waals surface area contributed by atoms with E-state index in [-0.39, 0.29) is 0 Å². The Balaban J connectivity index is 1.23. The fraction of sp³-hybridized carbons (Fsp3) is 0.562. The highest BCUT2D eigenvalue weighted by molar-refractivity contribution is 5.45. The smallest absolute Gasteiger partial charge is 0.177 e. The van der Waals surface area contributed by atoms with E-state index in [9.17, 15) is 0 Å². The van der Waals surface area contributed by atoms with Gasteiger partial charge in [-0.1, -0.05) is 0 Å². The second kappa shape index (κ2) is 5.76. The molecule has 0 N–H and O–H groups in total.